The Hall–Kier alpha value is -3.12. The summed E-state index contributed by atoms with van der Waals surface area (Å²) in [6, 6.07) is 7.56. The van der Waals surface area contributed by atoms with Gasteiger partial charge in [0.05, 0.1) is 33.3 Å². The minimum atomic E-state index is -4.85. The molecule has 0 aliphatic rings. The molecular formula is C23H17ClF6N2O3S. The van der Waals surface area contributed by atoms with Crippen molar-refractivity contribution in [3.63, 3.8) is 0 Å². The Bertz CT molecular complexity index is 1330. The molecule has 36 heavy (non-hydrogen) atoms. The Morgan fingerprint density at radius 1 is 0.861 bits per heavy atom. The van der Waals surface area contributed by atoms with E-state index in [1.54, 1.807) is 12.1 Å². The first kappa shape index (κ1) is 27.5. The number of pyridine rings is 1. The van der Waals surface area contributed by atoms with E-state index in [9.17, 15) is 39.6 Å². The number of benzene rings is 2. The van der Waals surface area contributed by atoms with Crippen LogP contribution in [0.3, 0.4) is 0 Å². The van der Waals surface area contributed by atoms with Gasteiger partial charge in [0.2, 0.25) is 0 Å². The number of ketones is 1. The van der Waals surface area contributed by atoms with Crippen molar-refractivity contribution in [3.8, 4) is 0 Å². The number of aromatic nitrogens is 1. The first-order valence-corrected chi connectivity index (χ1v) is 12.0. The maximum Gasteiger partial charge on any atom is 0.416 e. The van der Waals surface area contributed by atoms with Crippen molar-refractivity contribution in [3.05, 3.63) is 88.7 Å². The quantitative estimate of drug-likeness (QED) is 0.315. The lowest BCUT2D eigenvalue weighted by Crippen LogP contribution is -2.36. The zero-order valence-electron chi connectivity index (χ0n) is 18.1. The van der Waals surface area contributed by atoms with Gasteiger partial charge in [-0.2, -0.15) is 26.3 Å². The van der Waals surface area contributed by atoms with Gasteiger partial charge in [0, 0.05) is 18.8 Å². The molecule has 0 spiro atoms. The molecule has 2 aromatic carbocycles. The van der Waals surface area contributed by atoms with E-state index in [1.807, 2.05) is 0 Å². The summed E-state index contributed by atoms with van der Waals surface area (Å²) >= 11 is 6.04. The van der Waals surface area contributed by atoms with Crippen molar-refractivity contribution in [1.29, 1.82) is 0 Å². The fourth-order valence-corrected chi connectivity index (χ4v) is 4.92. The van der Waals surface area contributed by atoms with Crippen molar-refractivity contribution < 1.29 is 39.6 Å². The number of Topliss-reactive ketones (excluding diaryl/α,β-unsaturated/α-hetero) is 1. The molecular weight excluding hydrogens is 534 g/mol. The van der Waals surface area contributed by atoms with Gasteiger partial charge in [-0.25, -0.2) is 8.42 Å². The molecule has 0 N–H and O–H groups in total. The third kappa shape index (κ3) is 6.55. The molecule has 0 aliphatic carbocycles. The third-order valence-corrected chi connectivity index (χ3v) is 7.17. The summed E-state index contributed by atoms with van der Waals surface area (Å²) in [5, 5.41) is -0.402. The third-order valence-electron chi connectivity index (χ3n) is 5.07. The summed E-state index contributed by atoms with van der Waals surface area (Å²) < 4.78 is 106. The second-order valence-corrected chi connectivity index (χ2v) is 9.86. The molecule has 0 unspecified atom stereocenters. The Balaban J connectivity index is 2.02. The molecule has 0 atom stereocenters. The highest BCUT2D eigenvalue weighted by Crippen LogP contribution is 2.38. The van der Waals surface area contributed by atoms with Crippen molar-refractivity contribution >= 4 is 33.1 Å². The molecule has 13 heteroatoms. The summed E-state index contributed by atoms with van der Waals surface area (Å²) in [4.78, 5) is 15.9. The van der Waals surface area contributed by atoms with Crippen LogP contribution in [0, 0.1) is 0 Å². The fraction of sp³-hybridized carbons (Fsp3) is 0.217. The van der Waals surface area contributed by atoms with Crippen LogP contribution in [0.2, 0.25) is 5.02 Å². The van der Waals surface area contributed by atoms with E-state index in [1.165, 1.54) is 12.4 Å². The monoisotopic (exact) mass is 550 g/mol. The fourth-order valence-electron chi connectivity index (χ4n) is 3.20. The number of hydrogen-bond acceptors (Lipinski definition) is 4. The molecule has 0 radical (unpaired) electrons. The standard InChI is InChI=1S/C23H17ClF6N2O3S/c24-20-8-4-17(23(28,29)30)13-21(20)32(14-18(33)5-1-15-9-11-31-12-10-15)36(34,35)19-6-2-16(3-7-19)22(25,26)27/h2-4,6-13H,1,5,14H2. The second kappa shape index (κ2) is 10.5. The van der Waals surface area contributed by atoms with E-state index in [0.717, 1.165) is 6.07 Å². The number of halogens is 7. The Kier molecular flexibility index (Phi) is 7.99. The topological polar surface area (TPSA) is 67.3 Å². The SMILES string of the molecule is O=C(CCc1ccncc1)CN(c1cc(C(F)(F)F)ccc1Cl)S(=O)(=O)c1ccc(C(F)(F)F)cc1. The smallest absolute Gasteiger partial charge is 0.298 e. The number of sulfonamides is 1. The number of rotatable bonds is 8. The largest absolute Gasteiger partial charge is 0.416 e. The number of alkyl halides is 6. The highest BCUT2D eigenvalue weighted by atomic mass is 35.5. The summed E-state index contributed by atoms with van der Waals surface area (Å²) in [6.45, 7) is -0.893. The van der Waals surface area contributed by atoms with Crippen molar-refractivity contribution in [2.45, 2.75) is 30.1 Å². The van der Waals surface area contributed by atoms with Gasteiger partial charge in [-0.3, -0.25) is 14.1 Å². The van der Waals surface area contributed by atoms with E-state index in [-0.39, 0.29) is 12.8 Å². The molecule has 3 aromatic rings. The number of nitrogens with zero attached hydrogens (tertiary/aromatic N) is 2. The van der Waals surface area contributed by atoms with Crippen LogP contribution in [0.15, 0.2) is 71.9 Å². The van der Waals surface area contributed by atoms with Crippen LogP contribution in [0.25, 0.3) is 0 Å². The number of hydrogen-bond donors (Lipinski definition) is 0. The first-order chi connectivity index (χ1) is 16.7. The molecule has 192 valence electrons. The van der Waals surface area contributed by atoms with Crippen LogP contribution in [-0.4, -0.2) is 25.7 Å². The first-order valence-electron chi connectivity index (χ1n) is 10.2. The molecule has 1 heterocycles. The summed E-state index contributed by atoms with van der Waals surface area (Å²) in [7, 11) is -4.80. The predicted molar refractivity (Wildman–Crippen MR) is 120 cm³/mol. The second-order valence-electron chi connectivity index (χ2n) is 7.59. The van der Waals surface area contributed by atoms with E-state index >= 15 is 0 Å². The average Bonchev–Trinajstić information content (AvgIpc) is 2.81. The zero-order valence-corrected chi connectivity index (χ0v) is 19.7. The number of aryl methyl sites for hydroxylation is 1. The van der Waals surface area contributed by atoms with Gasteiger partial charge in [0.25, 0.3) is 10.0 Å². The molecule has 0 saturated heterocycles. The van der Waals surface area contributed by atoms with E-state index < -0.39 is 61.4 Å². The van der Waals surface area contributed by atoms with E-state index in [0.29, 0.717) is 46.3 Å². The number of carbonyl (C=O) groups excluding carboxylic acids is 1. The van der Waals surface area contributed by atoms with Crippen LogP contribution in [0.1, 0.15) is 23.1 Å². The van der Waals surface area contributed by atoms with Crippen LogP contribution in [-0.2, 0) is 33.6 Å². The van der Waals surface area contributed by atoms with Gasteiger partial charge in [0.1, 0.15) is 0 Å². The van der Waals surface area contributed by atoms with Crippen LogP contribution < -0.4 is 4.31 Å². The summed E-state index contributed by atoms with van der Waals surface area (Å²) in [5.74, 6) is -0.657. The van der Waals surface area contributed by atoms with Crippen molar-refractivity contribution in [1.82, 2.24) is 4.98 Å². The van der Waals surface area contributed by atoms with Crippen LogP contribution in [0.4, 0.5) is 32.0 Å². The molecule has 0 bridgehead atoms. The molecule has 3 rings (SSSR count). The minimum Gasteiger partial charge on any atom is -0.298 e. The van der Waals surface area contributed by atoms with Crippen molar-refractivity contribution in [2.75, 3.05) is 10.8 Å². The van der Waals surface area contributed by atoms with Gasteiger partial charge >= 0.3 is 12.4 Å². The lowest BCUT2D eigenvalue weighted by Gasteiger charge is -2.26. The van der Waals surface area contributed by atoms with E-state index in [4.69, 9.17) is 11.6 Å². The summed E-state index contributed by atoms with van der Waals surface area (Å²) in [6.07, 6.45) is -6.58. The Labute approximate surface area is 207 Å². The molecule has 5 nitrogen and oxygen atoms in total. The Morgan fingerprint density at radius 3 is 1.97 bits per heavy atom. The predicted octanol–water partition coefficient (Wildman–Crippen LogP) is 6.17. The zero-order chi connectivity index (χ0) is 26.7. The number of anilines is 1. The van der Waals surface area contributed by atoms with E-state index in [2.05, 4.69) is 4.98 Å². The molecule has 0 amide bonds. The van der Waals surface area contributed by atoms with Crippen LogP contribution in [0.5, 0.6) is 0 Å². The van der Waals surface area contributed by atoms with Gasteiger partial charge in [-0.1, -0.05) is 11.6 Å². The van der Waals surface area contributed by atoms with Crippen LogP contribution >= 0.6 is 11.6 Å². The van der Waals surface area contributed by atoms with Gasteiger partial charge < -0.3 is 0 Å². The summed E-state index contributed by atoms with van der Waals surface area (Å²) in [5.41, 5.74) is -2.27. The molecule has 0 aliphatic heterocycles. The molecule has 0 saturated carbocycles. The number of carbonyl (C=O) groups is 1. The van der Waals surface area contributed by atoms with Gasteiger partial charge in [-0.15, -0.1) is 0 Å². The molecule has 1 aromatic heterocycles. The Morgan fingerprint density at radius 2 is 1.42 bits per heavy atom. The lowest BCUT2D eigenvalue weighted by molar-refractivity contribution is -0.138. The average molecular weight is 551 g/mol. The normalized spacial score (nSPS) is 12.4. The lowest BCUT2D eigenvalue weighted by atomic mass is 10.1. The highest BCUT2D eigenvalue weighted by Gasteiger charge is 2.35. The molecule has 0 fully saturated rings. The van der Waals surface area contributed by atoms with Crippen molar-refractivity contribution in [2.24, 2.45) is 0 Å². The minimum absolute atomic E-state index is 0.167. The maximum atomic E-state index is 13.4. The van der Waals surface area contributed by atoms with Gasteiger partial charge in [0.15, 0.2) is 5.78 Å². The highest BCUT2D eigenvalue weighted by molar-refractivity contribution is 7.92. The maximum absolute atomic E-state index is 13.4. The van der Waals surface area contributed by atoms with Gasteiger partial charge in [-0.05, 0) is 66.6 Å².